The number of aromatic nitrogens is 1. The van der Waals surface area contributed by atoms with E-state index in [2.05, 4.69) is 17.3 Å². The minimum Gasteiger partial charge on any atom is -0.487 e. The number of aryl methyl sites for hydroxylation is 1. The number of carbonyl (C=O) groups is 1. The molecule has 1 heterocycles. The second-order valence-corrected chi connectivity index (χ2v) is 4.27. The van der Waals surface area contributed by atoms with E-state index in [0.29, 0.717) is 12.3 Å². The van der Waals surface area contributed by atoms with E-state index in [1.165, 1.54) is 5.56 Å². The van der Waals surface area contributed by atoms with Crippen molar-refractivity contribution in [2.45, 2.75) is 20.0 Å². The quantitative estimate of drug-likeness (QED) is 0.494. The third-order valence-corrected chi connectivity index (χ3v) is 2.89. The van der Waals surface area contributed by atoms with Crippen LogP contribution < -0.4 is 16.0 Å². The molecule has 104 valence electrons. The fourth-order valence-corrected chi connectivity index (χ4v) is 1.74. The Hall–Kier alpha value is -2.40. The SMILES string of the molecule is CCc1ccc(OCc2cccc(C(=O)NN)n2)cc1. The van der Waals surface area contributed by atoms with Crippen molar-refractivity contribution in [3.63, 3.8) is 0 Å². The normalized spacial score (nSPS) is 10.1. The highest BCUT2D eigenvalue weighted by Crippen LogP contribution is 2.14. The predicted octanol–water partition coefficient (Wildman–Crippen LogP) is 1.83. The summed E-state index contributed by atoms with van der Waals surface area (Å²) in [5, 5.41) is 0. The van der Waals surface area contributed by atoms with E-state index < -0.39 is 5.91 Å². The molecule has 1 aromatic carbocycles. The molecule has 2 aromatic rings. The Morgan fingerprint density at radius 3 is 2.65 bits per heavy atom. The van der Waals surface area contributed by atoms with Crippen LogP contribution in [0.5, 0.6) is 5.75 Å². The summed E-state index contributed by atoms with van der Waals surface area (Å²) in [5.74, 6) is 5.43. The molecule has 5 nitrogen and oxygen atoms in total. The lowest BCUT2D eigenvalue weighted by atomic mass is 10.2. The molecule has 0 fully saturated rings. The van der Waals surface area contributed by atoms with E-state index in [0.717, 1.165) is 12.2 Å². The maximum atomic E-state index is 11.4. The van der Waals surface area contributed by atoms with Gasteiger partial charge in [0.25, 0.3) is 5.91 Å². The third-order valence-electron chi connectivity index (χ3n) is 2.89. The minimum atomic E-state index is -0.417. The molecule has 3 N–H and O–H groups in total. The Morgan fingerprint density at radius 2 is 2.00 bits per heavy atom. The van der Waals surface area contributed by atoms with Gasteiger partial charge in [0.2, 0.25) is 0 Å². The molecule has 0 aliphatic heterocycles. The Morgan fingerprint density at radius 1 is 1.25 bits per heavy atom. The number of nitrogens with zero attached hydrogens (tertiary/aromatic N) is 1. The fraction of sp³-hybridized carbons (Fsp3) is 0.200. The molecule has 20 heavy (non-hydrogen) atoms. The van der Waals surface area contributed by atoms with Crippen molar-refractivity contribution in [2.24, 2.45) is 5.84 Å². The number of pyridine rings is 1. The Kier molecular flexibility index (Phi) is 4.68. The van der Waals surface area contributed by atoms with Crippen LogP contribution >= 0.6 is 0 Å². The number of nitrogens with two attached hydrogens (primary N) is 1. The molecule has 0 aliphatic rings. The number of nitrogen functional groups attached to an aromatic ring is 1. The van der Waals surface area contributed by atoms with Crippen molar-refractivity contribution in [2.75, 3.05) is 0 Å². The molecular formula is C15H17N3O2. The summed E-state index contributed by atoms with van der Waals surface area (Å²) in [4.78, 5) is 15.5. The minimum absolute atomic E-state index is 0.273. The average molecular weight is 271 g/mol. The Labute approximate surface area is 117 Å². The van der Waals surface area contributed by atoms with E-state index in [1.54, 1.807) is 18.2 Å². The molecule has 0 saturated carbocycles. The summed E-state index contributed by atoms with van der Waals surface area (Å²) in [7, 11) is 0. The monoisotopic (exact) mass is 271 g/mol. The van der Waals surface area contributed by atoms with Crippen LogP contribution in [0.15, 0.2) is 42.5 Å². The molecule has 0 radical (unpaired) electrons. The molecule has 0 atom stereocenters. The van der Waals surface area contributed by atoms with Crippen LogP contribution in [0.4, 0.5) is 0 Å². The van der Waals surface area contributed by atoms with Gasteiger partial charge in [0.15, 0.2) is 0 Å². The molecule has 0 aliphatic carbocycles. The lowest BCUT2D eigenvalue weighted by Gasteiger charge is -2.07. The summed E-state index contributed by atoms with van der Waals surface area (Å²) in [5.41, 5.74) is 4.26. The molecule has 0 unspecified atom stereocenters. The number of nitrogens with one attached hydrogen (secondary N) is 1. The van der Waals surface area contributed by atoms with Gasteiger partial charge >= 0.3 is 0 Å². The van der Waals surface area contributed by atoms with Gasteiger partial charge < -0.3 is 4.74 Å². The number of ether oxygens (including phenoxy) is 1. The van der Waals surface area contributed by atoms with Gasteiger partial charge in [0, 0.05) is 0 Å². The van der Waals surface area contributed by atoms with Crippen LogP contribution in [0.2, 0.25) is 0 Å². The lowest BCUT2D eigenvalue weighted by molar-refractivity contribution is 0.0948. The first-order chi connectivity index (χ1) is 9.72. The van der Waals surface area contributed by atoms with Gasteiger partial charge in [-0.25, -0.2) is 10.8 Å². The highest BCUT2D eigenvalue weighted by atomic mass is 16.5. The lowest BCUT2D eigenvalue weighted by Crippen LogP contribution is -2.30. The zero-order valence-corrected chi connectivity index (χ0v) is 11.3. The van der Waals surface area contributed by atoms with Crippen LogP contribution in [0.1, 0.15) is 28.7 Å². The van der Waals surface area contributed by atoms with Gasteiger partial charge in [-0.15, -0.1) is 0 Å². The van der Waals surface area contributed by atoms with Crippen LogP contribution in [0.3, 0.4) is 0 Å². The van der Waals surface area contributed by atoms with Gasteiger partial charge in [0.05, 0.1) is 5.69 Å². The van der Waals surface area contributed by atoms with E-state index in [9.17, 15) is 4.79 Å². The van der Waals surface area contributed by atoms with Gasteiger partial charge in [0.1, 0.15) is 18.1 Å². The first kappa shape index (κ1) is 14.0. The number of hydrogen-bond donors (Lipinski definition) is 2. The van der Waals surface area contributed by atoms with E-state index in [1.807, 2.05) is 24.3 Å². The zero-order valence-electron chi connectivity index (χ0n) is 11.3. The van der Waals surface area contributed by atoms with Crippen LogP contribution in [-0.4, -0.2) is 10.9 Å². The first-order valence-electron chi connectivity index (χ1n) is 6.41. The van der Waals surface area contributed by atoms with Crippen LogP contribution in [0, 0.1) is 0 Å². The molecule has 1 aromatic heterocycles. The number of carbonyl (C=O) groups excluding carboxylic acids is 1. The van der Waals surface area contributed by atoms with E-state index in [-0.39, 0.29) is 5.69 Å². The van der Waals surface area contributed by atoms with Crippen molar-refractivity contribution >= 4 is 5.91 Å². The smallest absolute Gasteiger partial charge is 0.283 e. The van der Waals surface area contributed by atoms with Gasteiger partial charge in [-0.3, -0.25) is 10.2 Å². The summed E-state index contributed by atoms with van der Waals surface area (Å²) < 4.78 is 5.63. The first-order valence-corrected chi connectivity index (χ1v) is 6.41. The molecule has 1 amide bonds. The molecular weight excluding hydrogens is 254 g/mol. The summed E-state index contributed by atoms with van der Waals surface area (Å²) in [6.07, 6.45) is 0.998. The number of benzene rings is 1. The van der Waals surface area contributed by atoms with Crippen molar-refractivity contribution in [1.82, 2.24) is 10.4 Å². The highest BCUT2D eigenvalue weighted by Gasteiger charge is 2.06. The van der Waals surface area contributed by atoms with Crippen LogP contribution in [-0.2, 0) is 13.0 Å². The van der Waals surface area contributed by atoms with Crippen molar-refractivity contribution in [1.29, 1.82) is 0 Å². The van der Waals surface area contributed by atoms with E-state index >= 15 is 0 Å². The number of amides is 1. The number of hydrazine groups is 1. The largest absolute Gasteiger partial charge is 0.487 e. The second-order valence-electron chi connectivity index (χ2n) is 4.27. The van der Waals surface area contributed by atoms with Crippen molar-refractivity contribution in [3.8, 4) is 5.75 Å². The standard InChI is InChI=1S/C15H17N3O2/c1-2-11-6-8-13(9-7-11)20-10-12-4-3-5-14(17-12)15(19)18-16/h3-9H,2,10,16H2,1H3,(H,18,19). The maximum Gasteiger partial charge on any atom is 0.283 e. The molecule has 0 saturated heterocycles. The number of hydrogen-bond acceptors (Lipinski definition) is 4. The van der Waals surface area contributed by atoms with Crippen molar-refractivity contribution < 1.29 is 9.53 Å². The topological polar surface area (TPSA) is 77.2 Å². The average Bonchev–Trinajstić information content (AvgIpc) is 2.53. The third kappa shape index (κ3) is 3.55. The second kappa shape index (κ2) is 6.68. The molecule has 5 heteroatoms. The van der Waals surface area contributed by atoms with Gasteiger partial charge in [-0.05, 0) is 36.2 Å². The van der Waals surface area contributed by atoms with Gasteiger partial charge in [-0.1, -0.05) is 25.1 Å². The highest BCUT2D eigenvalue weighted by molar-refractivity contribution is 5.91. The van der Waals surface area contributed by atoms with E-state index in [4.69, 9.17) is 10.6 Å². The molecule has 0 bridgehead atoms. The Bertz CT molecular complexity index is 582. The summed E-state index contributed by atoms with van der Waals surface area (Å²) >= 11 is 0. The molecule has 0 spiro atoms. The zero-order chi connectivity index (χ0) is 14.4. The number of rotatable bonds is 5. The Balaban J connectivity index is 2.01. The summed E-state index contributed by atoms with van der Waals surface area (Å²) in [6, 6.07) is 13.1. The van der Waals surface area contributed by atoms with Gasteiger partial charge in [-0.2, -0.15) is 0 Å². The predicted molar refractivity (Wildman–Crippen MR) is 76.0 cm³/mol. The maximum absolute atomic E-state index is 11.4. The molecule has 2 rings (SSSR count). The van der Waals surface area contributed by atoms with Crippen LogP contribution in [0.25, 0.3) is 0 Å². The summed E-state index contributed by atoms with van der Waals surface area (Å²) in [6.45, 7) is 2.41. The van der Waals surface area contributed by atoms with Crippen molar-refractivity contribution in [3.05, 3.63) is 59.4 Å². The fourth-order valence-electron chi connectivity index (χ4n) is 1.74.